The third-order valence-electron chi connectivity index (χ3n) is 8.94. The lowest BCUT2D eigenvalue weighted by Gasteiger charge is -2.39. The van der Waals surface area contributed by atoms with E-state index in [4.69, 9.17) is 9.47 Å². The number of hydrogen-bond acceptors (Lipinski definition) is 7. The van der Waals surface area contributed by atoms with Gasteiger partial charge in [0.05, 0.1) is 6.42 Å². The molecule has 1 fully saturated rings. The third-order valence-corrected chi connectivity index (χ3v) is 8.94. The molecular formula is C39H63N3O7. The summed E-state index contributed by atoms with van der Waals surface area (Å²) in [5.74, 6) is -1.63. The van der Waals surface area contributed by atoms with Gasteiger partial charge in [0.25, 0.3) is 0 Å². The zero-order valence-electron chi connectivity index (χ0n) is 31.1. The number of benzene rings is 1. The Balaban J connectivity index is 2.34. The van der Waals surface area contributed by atoms with Crippen LogP contribution in [-0.2, 0) is 35.3 Å². The van der Waals surface area contributed by atoms with E-state index in [0.29, 0.717) is 19.3 Å². The van der Waals surface area contributed by atoms with Crippen LogP contribution in [0.5, 0.6) is 0 Å². The first-order chi connectivity index (χ1) is 23.1. The quantitative estimate of drug-likeness (QED) is 0.131. The SMILES string of the molecule is CC(C)C[C@H](NC(=O)OCc1ccccc1)C(=O)N[C@@H](CC(=O)OC(C)(C)C)C(=O)N[C@@H](CC(C)C)C1(C=O)CCCCCCCCCC1. The van der Waals surface area contributed by atoms with E-state index in [1.54, 1.807) is 20.8 Å². The average Bonchev–Trinajstić information content (AvgIpc) is 3.07. The summed E-state index contributed by atoms with van der Waals surface area (Å²) in [6.07, 6.45) is 10.6. The van der Waals surface area contributed by atoms with E-state index in [-0.39, 0.29) is 24.9 Å². The highest BCUT2D eigenvalue weighted by molar-refractivity contribution is 5.93. The molecule has 0 spiro atoms. The molecule has 3 N–H and O–H groups in total. The lowest BCUT2D eigenvalue weighted by molar-refractivity contribution is -0.156. The Morgan fingerprint density at radius 2 is 1.29 bits per heavy atom. The van der Waals surface area contributed by atoms with Gasteiger partial charge in [-0.3, -0.25) is 14.4 Å². The maximum absolute atomic E-state index is 14.2. The van der Waals surface area contributed by atoms with E-state index in [1.807, 2.05) is 44.2 Å². The minimum Gasteiger partial charge on any atom is -0.460 e. The number of ether oxygens (including phenoxy) is 2. The molecule has 0 radical (unpaired) electrons. The Bertz CT molecular complexity index is 1170. The number of carbonyl (C=O) groups excluding carboxylic acids is 5. The van der Waals surface area contributed by atoms with Crippen LogP contribution in [0.1, 0.15) is 138 Å². The Kier molecular flexibility index (Phi) is 17.8. The van der Waals surface area contributed by atoms with E-state index >= 15 is 0 Å². The van der Waals surface area contributed by atoms with Gasteiger partial charge in [-0.05, 0) is 63.9 Å². The van der Waals surface area contributed by atoms with Crippen molar-refractivity contribution < 1.29 is 33.4 Å². The maximum atomic E-state index is 14.2. The molecule has 1 saturated carbocycles. The monoisotopic (exact) mass is 685 g/mol. The lowest BCUT2D eigenvalue weighted by atomic mass is 9.71. The molecule has 0 aromatic heterocycles. The van der Waals surface area contributed by atoms with Crippen LogP contribution in [-0.4, -0.2) is 53.9 Å². The summed E-state index contributed by atoms with van der Waals surface area (Å²) >= 11 is 0. The van der Waals surface area contributed by atoms with Crippen molar-refractivity contribution in [3.8, 4) is 0 Å². The minimum absolute atomic E-state index is 0.0166. The summed E-state index contributed by atoms with van der Waals surface area (Å²) in [5.41, 5.74) is -0.760. The second kappa shape index (κ2) is 20.9. The molecular weight excluding hydrogens is 622 g/mol. The second-order valence-electron chi connectivity index (χ2n) is 15.6. The van der Waals surface area contributed by atoms with Gasteiger partial charge < -0.3 is 30.2 Å². The zero-order valence-corrected chi connectivity index (χ0v) is 31.1. The maximum Gasteiger partial charge on any atom is 0.408 e. The van der Waals surface area contributed by atoms with E-state index in [0.717, 1.165) is 50.4 Å². The fourth-order valence-corrected chi connectivity index (χ4v) is 6.46. The molecule has 10 heteroatoms. The van der Waals surface area contributed by atoms with Crippen LogP contribution in [0, 0.1) is 17.3 Å². The number of rotatable bonds is 15. The van der Waals surface area contributed by atoms with Crippen molar-refractivity contribution in [2.24, 2.45) is 17.3 Å². The summed E-state index contributed by atoms with van der Waals surface area (Å²) < 4.78 is 10.9. The van der Waals surface area contributed by atoms with Gasteiger partial charge in [-0.15, -0.1) is 0 Å². The van der Waals surface area contributed by atoms with Crippen molar-refractivity contribution in [2.45, 2.75) is 162 Å². The Morgan fingerprint density at radius 1 is 0.755 bits per heavy atom. The second-order valence-corrected chi connectivity index (χ2v) is 15.6. The number of aldehydes is 1. The number of alkyl carbamates (subject to hydrolysis) is 1. The first kappa shape index (κ1) is 41.7. The van der Waals surface area contributed by atoms with Crippen LogP contribution in [0.2, 0.25) is 0 Å². The van der Waals surface area contributed by atoms with Crippen molar-refractivity contribution in [3.63, 3.8) is 0 Å². The first-order valence-electron chi connectivity index (χ1n) is 18.4. The first-order valence-corrected chi connectivity index (χ1v) is 18.4. The summed E-state index contributed by atoms with van der Waals surface area (Å²) in [6, 6.07) is 6.40. The van der Waals surface area contributed by atoms with Crippen molar-refractivity contribution in [2.75, 3.05) is 0 Å². The number of hydrogen-bond donors (Lipinski definition) is 3. The van der Waals surface area contributed by atoms with E-state index in [1.165, 1.54) is 12.8 Å². The molecule has 0 bridgehead atoms. The average molecular weight is 686 g/mol. The van der Waals surface area contributed by atoms with E-state index in [2.05, 4.69) is 29.8 Å². The van der Waals surface area contributed by atoms with Crippen LogP contribution < -0.4 is 16.0 Å². The number of amides is 3. The van der Waals surface area contributed by atoms with Crippen LogP contribution >= 0.6 is 0 Å². The smallest absolute Gasteiger partial charge is 0.408 e. The standard InChI is InChI=1S/C39H63N3O7/c1-28(2)23-31(41-37(47)48-26-30-19-15-14-16-20-30)35(45)40-32(25-34(44)49-38(5,6)7)36(46)42-33(24-29(3)4)39(27-43)21-17-12-10-8-9-11-13-18-22-39/h14-16,19-20,27-29,31-33H,8-13,17-18,21-26H2,1-7H3,(H,40,45)(H,41,47)(H,42,46)/t31-,32-,33-/m0/s1. The van der Waals surface area contributed by atoms with Gasteiger partial charge in [-0.25, -0.2) is 4.79 Å². The lowest BCUT2D eigenvalue weighted by Crippen LogP contribution is -2.58. The molecule has 10 nitrogen and oxygen atoms in total. The van der Waals surface area contributed by atoms with Crippen molar-refractivity contribution in [1.29, 1.82) is 0 Å². The molecule has 1 aromatic rings. The van der Waals surface area contributed by atoms with Gasteiger partial charge in [-0.1, -0.05) is 109 Å². The van der Waals surface area contributed by atoms with Crippen LogP contribution in [0.15, 0.2) is 30.3 Å². The highest BCUT2D eigenvalue weighted by Gasteiger charge is 2.41. The largest absolute Gasteiger partial charge is 0.460 e. The Hall–Kier alpha value is -3.43. The predicted octanol–water partition coefficient (Wildman–Crippen LogP) is 7.17. The zero-order chi connectivity index (χ0) is 36.5. The molecule has 276 valence electrons. The molecule has 0 aliphatic heterocycles. The van der Waals surface area contributed by atoms with Gasteiger partial charge in [-0.2, -0.15) is 0 Å². The van der Waals surface area contributed by atoms with Crippen LogP contribution in [0.4, 0.5) is 4.79 Å². The molecule has 3 amide bonds. The molecule has 49 heavy (non-hydrogen) atoms. The molecule has 3 atom stereocenters. The third kappa shape index (κ3) is 16.2. The Morgan fingerprint density at radius 3 is 1.80 bits per heavy atom. The van der Waals surface area contributed by atoms with Gasteiger partial charge in [0.15, 0.2) is 0 Å². The van der Waals surface area contributed by atoms with Gasteiger partial charge in [0.1, 0.15) is 30.6 Å². The topological polar surface area (TPSA) is 140 Å². The fraction of sp³-hybridized carbons (Fsp3) is 0.718. The predicted molar refractivity (Wildman–Crippen MR) is 191 cm³/mol. The molecule has 0 heterocycles. The summed E-state index contributed by atoms with van der Waals surface area (Å²) in [6.45, 7) is 13.2. The molecule has 1 aliphatic carbocycles. The molecule has 1 aliphatic rings. The highest BCUT2D eigenvalue weighted by Crippen LogP contribution is 2.37. The minimum atomic E-state index is -1.29. The van der Waals surface area contributed by atoms with E-state index < -0.39 is 59.4 Å². The van der Waals surface area contributed by atoms with Crippen molar-refractivity contribution in [1.82, 2.24) is 16.0 Å². The molecule has 2 rings (SSSR count). The Labute approximate surface area is 294 Å². The summed E-state index contributed by atoms with van der Waals surface area (Å²) in [7, 11) is 0. The van der Waals surface area contributed by atoms with Crippen molar-refractivity contribution in [3.05, 3.63) is 35.9 Å². The van der Waals surface area contributed by atoms with Crippen molar-refractivity contribution >= 4 is 30.2 Å². The fourth-order valence-electron chi connectivity index (χ4n) is 6.46. The summed E-state index contributed by atoms with van der Waals surface area (Å²) in [5, 5.41) is 8.54. The molecule has 0 saturated heterocycles. The molecule has 1 aromatic carbocycles. The van der Waals surface area contributed by atoms with Gasteiger partial charge in [0, 0.05) is 11.5 Å². The van der Waals surface area contributed by atoms with Crippen LogP contribution in [0.3, 0.4) is 0 Å². The normalized spacial score (nSPS) is 17.5. The van der Waals surface area contributed by atoms with E-state index in [9.17, 15) is 24.0 Å². The van der Waals surface area contributed by atoms with Gasteiger partial charge in [0.2, 0.25) is 11.8 Å². The highest BCUT2D eigenvalue weighted by atomic mass is 16.6. The number of esters is 1. The number of nitrogens with one attached hydrogen (secondary N) is 3. The van der Waals surface area contributed by atoms with Gasteiger partial charge >= 0.3 is 12.1 Å². The molecule has 0 unspecified atom stereocenters. The summed E-state index contributed by atoms with van der Waals surface area (Å²) in [4.78, 5) is 66.8. The van der Waals surface area contributed by atoms with Crippen LogP contribution in [0.25, 0.3) is 0 Å². The number of carbonyl (C=O) groups is 5.